The van der Waals surface area contributed by atoms with E-state index in [0.717, 1.165) is 10.4 Å². The normalized spacial score (nSPS) is 11.9. The maximum Gasteiger partial charge on any atom is 0.317 e. The number of amides is 2. The molecule has 0 aliphatic carbocycles. The molecule has 106 valence electrons. The van der Waals surface area contributed by atoms with E-state index in [-0.39, 0.29) is 17.9 Å². The van der Waals surface area contributed by atoms with Crippen LogP contribution in [0.25, 0.3) is 0 Å². The molecule has 0 saturated heterocycles. The average molecular weight is 292 g/mol. The van der Waals surface area contributed by atoms with Gasteiger partial charge in [-0.05, 0) is 36.1 Å². The molecule has 0 radical (unpaired) electrons. The molecule has 0 aliphatic rings. The van der Waals surface area contributed by atoms with Gasteiger partial charge >= 0.3 is 6.03 Å². The lowest BCUT2D eigenvalue weighted by Gasteiger charge is -2.24. The number of halogens is 1. The molecule has 1 aromatic carbocycles. The first-order valence-corrected chi connectivity index (χ1v) is 7.24. The standard InChI is InChI=1S/C15H17FN2OS/c1-11(14-4-3-9-20-14)18(2)15(19)17-10-12-5-7-13(16)8-6-12/h3-9,11H,10H2,1-2H3,(H,17,19). The number of hydrogen-bond donors (Lipinski definition) is 1. The number of carbonyl (C=O) groups is 1. The van der Waals surface area contributed by atoms with E-state index in [9.17, 15) is 9.18 Å². The van der Waals surface area contributed by atoms with Gasteiger partial charge in [-0.25, -0.2) is 9.18 Å². The zero-order valence-corrected chi connectivity index (χ0v) is 12.3. The molecule has 1 aromatic heterocycles. The van der Waals surface area contributed by atoms with Gasteiger partial charge in [-0.3, -0.25) is 0 Å². The summed E-state index contributed by atoms with van der Waals surface area (Å²) in [6.07, 6.45) is 0. The van der Waals surface area contributed by atoms with Gasteiger partial charge in [0.15, 0.2) is 0 Å². The number of hydrogen-bond acceptors (Lipinski definition) is 2. The van der Waals surface area contributed by atoms with Gasteiger partial charge in [-0.1, -0.05) is 18.2 Å². The van der Waals surface area contributed by atoms with Crippen LogP contribution in [0.3, 0.4) is 0 Å². The number of rotatable bonds is 4. The fraction of sp³-hybridized carbons (Fsp3) is 0.267. The predicted octanol–water partition coefficient (Wildman–Crippen LogP) is 3.79. The Morgan fingerprint density at radius 1 is 1.35 bits per heavy atom. The molecule has 3 nitrogen and oxygen atoms in total. The van der Waals surface area contributed by atoms with Gasteiger partial charge in [0.2, 0.25) is 0 Å². The molecule has 0 fully saturated rings. The molecule has 2 amide bonds. The topological polar surface area (TPSA) is 32.3 Å². The van der Waals surface area contributed by atoms with Crippen molar-refractivity contribution >= 4 is 17.4 Å². The number of nitrogens with zero attached hydrogens (tertiary/aromatic N) is 1. The Morgan fingerprint density at radius 2 is 2.05 bits per heavy atom. The van der Waals surface area contributed by atoms with Gasteiger partial charge in [-0.15, -0.1) is 11.3 Å². The number of nitrogens with one attached hydrogen (secondary N) is 1. The summed E-state index contributed by atoms with van der Waals surface area (Å²) in [5.74, 6) is -0.275. The van der Waals surface area contributed by atoms with E-state index in [0.29, 0.717) is 6.54 Å². The lowest BCUT2D eigenvalue weighted by molar-refractivity contribution is 0.194. The Hall–Kier alpha value is -1.88. The third-order valence-corrected chi connectivity index (χ3v) is 4.26. The molecule has 1 N–H and O–H groups in total. The van der Waals surface area contributed by atoms with E-state index < -0.39 is 0 Å². The van der Waals surface area contributed by atoms with Crippen molar-refractivity contribution in [1.82, 2.24) is 10.2 Å². The fourth-order valence-electron chi connectivity index (χ4n) is 1.80. The van der Waals surface area contributed by atoms with Gasteiger partial charge < -0.3 is 10.2 Å². The van der Waals surface area contributed by atoms with Crippen molar-refractivity contribution in [3.63, 3.8) is 0 Å². The monoisotopic (exact) mass is 292 g/mol. The van der Waals surface area contributed by atoms with Crippen LogP contribution in [0.2, 0.25) is 0 Å². The van der Waals surface area contributed by atoms with Crippen LogP contribution in [0.1, 0.15) is 23.4 Å². The summed E-state index contributed by atoms with van der Waals surface area (Å²) in [5, 5.41) is 4.83. The van der Waals surface area contributed by atoms with Crippen LogP contribution < -0.4 is 5.32 Å². The third-order valence-electron chi connectivity index (χ3n) is 3.21. The van der Waals surface area contributed by atoms with Crippen molar-refractivity contribution in [1.29, 1.82) is 0 Å². The second-order valence-electron chi connectivity index (χ2n) is 4.59. The minimum Gasteiger partial charge on any atom is -0.334 e. The first-order valence-electron chi connectivity index (χ1n) is 6.36. The lowest BCUT2D eigenvalue weighted by Crippen LogP contribution is -2.38. The Bertz CT molecular complexity index is 554. The van der Waals surface area contributed by atoms with Gasteiger partial charge in [0.1, 0.15) is 5.82 Å². The maximum absolute atomic E-state index is 12.8. The predicted molar refractivity (Wildman–Crippen MR) is 79.1 cm³/mol. The molecule has 2 rings (SSSR count). The number of thiophene rings is 1. The second-order valence-corrected chi connectivity index (χ2v) is 5.57. The second kappa shape index (κ2) is 6.52. The van der Waals surface area contributed by atoms with Crippen molar-refractivity contribution in [2.75, 3.05) is 7.05 Å². The van der Waals surface area contributed by atoms with Crippen LogP contribution >= 0.6 is 11.3 Å². The van der Waals surface area contributed by atoms with Crippen LogP contribution in [-0.4, -0.2) is 18.0 Å². The highest BCUT2D eigenvalue weighted by Gasteiger charge is 2.17. The highest BCUT2D eigenvalue weighted by molar-refractivity contribution is 7.10. The van der Waals surface area contributed by atoms with E-state index in [4.69, 9.17) is 0 Å². The molecule has 1 atom stereocenters. The third kappa shape index (κ3) is 3.57. The minimum absolute atomic E-state index is 0.0308. The van der Waals surface area contributed by atoms with Gasteiger partial charge in [-0.2, -0.15) is 0 Å². The summed E-state index contributed by atoms with van der Waals surface area (Å²) < 4.78 is 12.8. The zero-order valence-electron chi connectivity index (χ0n) is 11.5. The molecule has 5 heteroatoms. The highest BCUT2D eigenvalue weighted by atomic mass is 32.1. The molecule has 2 aromatic rings. The van der Waals surface area contributed by atoms with E-state index in [1.807, 2.05) is 24.4 Å². The summed E-state index contributed by atoms with van der Waals surface area (Å²) in [5.41, 5.74) is 0.872. The summed E-state index contributed by atoms with van der Waals surface area (Å²) in [6.45, 7) is 2.38. The molecule has 20 heavy (non-hydrogen) atoms. The Morgan fingerprint density at radius 3 is 2.65 bits per heavy atom. The molecule has 1 unspecified atom stereocenters. The Balaban J connectivity index is 1.89. The van der Waals surface area contributed by atoms with Crippen molar-refractivity contribution in [2.45, 2.75) is 19.5 Å². The maximum atomic E-state index is 12.8. The molecule has 0 spiro atoms. The molecule has 1 heterocycles. The minimum atomic E-state index is -0.275. The lowest BCUT2D eigenvalue weighted by atomic mass is 10.2. The number of carbonyl (C=O) groups excluding carboxylic acids is 1. The summed E-state index contributed by atoms with van der Waals surface area (Å²) in [6, 6.07) is 9.98. The summed E-state index contributed by atoms with van der Waals surface area (Å²) >= 11 is 1.63. The SMILES string of the molecule is CC(c1cccs1)N(C)C(=O)NCc1ccc(F)cc1. The zero-order chi connectivity index (χ0) is 14.5. The quantitative estimate of drug-likeness (QED) is 0.913. The Labute approximate surface area is 122 Å². The van der Waals surface area contributed by atoms with Crippen LogP contribution in [-0.2, 0) is 6.54 Å². The largest absolute Gasteiger partial charge is 0.334 e. The van der Waals surface area contributed by atoms with Gasteiger partial charge in [0, 0.05) is 18.5 Å². The fourth-order valence-corrected chi connectivity index (χ4v) is 2.63. The van der Waals surface area contributed by atoms with Crippen molar-refractivity contribution in [3.8, 4) is 0 Å². The number of benzene rings is 1. The first kappa shape index (κ1) is 14.5. The summed E-state index contributed by atoms with van der Waals surface area (Å²) in [4.78, 5) is 14.9. The van der Waals surface area contributed by atoms with Crippen LogP contribution in [0.5, 0.6) is 0 Å². The number of urea groups is 1. The van der Waals surface area contributed by atoms with Crippen molar-refractivity contribution < 1.29 is 9.18 Å². The van der Waals surface area contributed by atoms with Crippen LogP contribution in [0.4, 0.5) is 9.18 Å². The van der Waals surface area contributed by atoms with E-state index in [1.54, 1.807) is 35.4 Å². The van der Waals surface area contributed by atoms with Gasteiger partial charge in [0.25, 0.3) is 0 Å². The highest BCUT2D eigenvalue weighted by Crippen LogP contribution is 2.23. The Kier molecular flexibility index (Phi) is 4.74. The van der Waals surface area contributed by atoms with E-state index in [1.165, 1.54) is 12.1 Å². The van der Waals surface area contributed by atoms with Crippen molar-refractivity contribution in [2.24, 2.45) is 0 Å². The molecule has 0 saturated carbocycles. The van der Waals surface area contributed by atoms with E-state index in [2.05, 4.69) is 5.32 Å². The van der Waals surface area contributed by atoms with Crippen LogP contribution in [0, 0.1) is 5.82 Å². The molecular formula is C15H17FN2OS. The smallest absolute Gasteiger partial charge is 0.317 e. The van der Waals surface area contributed by atoms with Crippen LogP contribution in [0.15, 0.2) is 41.8 Å². The van der Waals surface area contributed by atoms with Gasteiger partial charge in [0.05, 0.1) is 6.04 Å². The molecular weight excluding hydrogens is 275 g/mol. The van der Waals surface area contributed by atoms with E-state index >= 15 is 0 Å². The molecule has 0 aliphatic heterocycles. The summed E-state index contributed by atoms with van der Waals surface area (Å²) in [7, 11) is 1.77. The molecule has 0 bridgehead atoms. The first-order chi connectivity index (χ1) is 9.58. The van der Waals surface area contributed by atoms with Crippen molar-refractivity contribution in [3.05, 3.63) is 58.0 Å². The average Bonchev–Trinajstić information content (AvgIpc) is 2.99.